The Kier molecular flexibility index (Phi) is 7.50. The van der Waals surface area contributed by atoms with Gasteiger partial charge in [-0.05, 0) is 25.5 Å². The van der Waals surface area contributed by atoms with E-state index in [-0.39, 0.29) is 24.0 Å². The highest BCUT2D eigenvalue weighted by Crippen LogP contribution is 2.16. The van der Waals surface area contributed by atoms with Gasteiger partial charge in [-0.25, -0.2) is 9.98 Å². The maximum atomic E-state index is 4.63. The lowest BCUT2D eigenvalue weighted by Gasteiger charge is -2.09. The Morgan fingerprint density at radius 1 is 1.25 bits per heavy atom. The van der Waals surface area contributed by atoms with Gasteiger partial charge in [-0.1, -0.05) is 6.92 Å². The molecule has 0 unspecified atom stereocenters. The van der Waals surface area contributed by atoms with Crippen LogP contribution in [0.3, 0.4) is 0 Å². The highest BCUT2D eigenvalue weighted by atomic mass is 127. The Morgan fingerprint density at radius 3 is 2.79 bits per heavy atom. The summed E-state index contributed by atoms with van der Waals surface area (Å²) in [7, 11) is 0. The van der Waals surface area contributed by atoms with E-state index >= 15 is 0 Å². The van der Waals surface area contributed by atoms with Gasteiger partial charge in [-0.3, -0.25) is 4.40 Å². The minimum atomic E-state index is 0. The van der Waals surface area contributed by atoms with Crippen LogP contribution in [0.15, 0.2) is 34.9 Å². The van der Waals surface area contributed by atoms with Gasteiger partial charge in [0.15, 0.2) is 10.9 Å². The van der Waals surface area contributed by atoms with Crippen molar-refractivity contribution in [3.63, 3.8) is 0 Å². The molecule has 0 amide bonds. The van der Waals surface area contributed by atoms with E-state index in [0.29, 0.717) is 6.54 Å². The summed E-state index contributed by atoms with van der Waals surface area (Å²) in [5.74, 6) is 0.829. The Bertz CT molecular complexity index is 761. The molecule has 3 heterocycles. The fraction of sp³-hybridized carbons (Fsp3) is 0.375. The normalized spacial score (nSPS) is 11.5. The Morgan fingerprint density at radius 2 is 2.08 bits per heavy atom. The number of aryl methyl sites for hydroxylation is 1. The zero-order valence-electron chi connectivity index (χ0n) is 13.8. The van der Waals surface area contributed by atoms with Crippen LogP contribution in [-0.2, 0) is 19.5 Å². The second-order valence-electron chi connectivity index (χ2n) is 5.10. The molecule has 130 valence electrons. The summed E-state index contributed by atoms with van der Waals surface area (Å²) in [6.45, 7) is 6.48. The smallest absolute Gasteiger partial charge is 0.193 e. The summed E-state index contributed by atoms with van der Waals surface area (Å²) < 4.78 is 2.04. The summed E-state index contributed by atoms with van der Waals surface area (Å²) in [6, 6.07) is 4.38. The van der Waals surface area contributed by atoms with Gasteiger partial charge < -0.3 is 10.6 Å². The quantitative estimate of drug-likeness (QED) is 0.323. The van der Waals surface area contributed by atoms with Crippen LogP contribution < -0.4 is 10.6 Å². The molecule has 0 saturated heterocycles. The van der Waals surface area contributed by atoms with Gasteiger partial charge in [-0.15, -0.1) is 46.7 Å². The third kappa shape index (κ3) is 4.93. The van der Waals surface area contributed by atoms with E-state index in [9.17, 15) is 0 Å². The molecule has 0 radical (unpaired) electrons. The standard InChI is InChI=1S/C16H21N5S2.HI/c1-3-13-5-6-14(23-13)10-19-15(17-4-2)18-9-12-11-21-7-8-22-16(21)20-12;/h5-8,11H,3-4,9-10H2,1-2H3,(H2,17,18,19);1H. The molecule has 0 saturated carbocycles. The molecule has 24 heavy (non-hydrogen) atoms. The number of fused-ring (bicyclic) bond motifs is 1. The first-order valence-electron chi connectivity index (χ1n) is 7.79. The summed E-state index contributed by atoms with van der Waals surface area (Å²) in [6.07, 6.45) is 5.15. The summed E-state index contributed by atoms with van der Waals surface area (Å²) >= 11 is 3.49. The third-order valence-electron chi connectivity index (χ3n) is 3.38. The molecule has 5 nitrogen and oxygen atoms in total. The van der Waals surface area contributed by atoms with E-state index < -0.39 is 0 Å². The van der Waals surface area contributed by atoms with Crippen LogP contribution in [0.2, 0.25) is 0 Å². The van der Waals surface area contributed by atoms with Crippen LogP contribution in [0.1, 0.15) is 29.3 Å². The number of rotatable bonds is 6. The number of guanidine groups is 1. The average Bonchev–Trinajstić information content (AvgIpc) is 3.25. The SMILES string of the molecule is CCNC(=NCc1cn2ccsc2n1)NCc1ccc(CC)s1.I. The second kappa shape index (κ2) is 9.38. The van der Waals surface area contributed by atoms with Gasteiger partial charge in [0.25, 0.3) is 0 Å². The number of hydrogen-bond acceptors (Lipinski definition) is 4. The van der Waals surface area contributed by atoms with E-state index in [1.54, 1.807) is 11.3 Å². The van der Waals surface area contributed by atoms with Crippen molar-refractivity contribution in [3.8, 4) is 0 Å². The first-order valence-corrected chi connectivity index (χ1v) is 9.49. The average molecular weight is 475 g/mol. The monoisotopic (exact) mass is 475 g/mol. The lowest BCUT2D eigenvalue weighted by atomic mass is 10.3. The van der Waals surface area contributed by atoms with Crippen LogP contribution in [0.25, 0.3) is 4.96 Å². The van der Waals surface area contributed by atoms with E-state index in [0.717, 1.165) is 36.1 Å². The fourth-order valence-corrected chi connectivity index (χ4v) is 3.85. The van der Waals surface area contributed by atoms with Crippen molar-refractivity contribution < 1.29 is 0 Å². The van der Waals surface area contributed by atoms with Crippen molar-refractivity contribution in [3.05, 3.63) is 45.4 Å². The van der Waals surface area contributed by atoms with Gasteiger partial charge in [0.05, 0.1) is 18.8 Å². The number of halogens is 1. The molecule has 0 aliphatic heterocycles. The van der Waals surface area contributed by atoms with Crippen molar-refractivity contribution in [1.82, 2.24) is 20.0 Å². The van der Waals surface area contributed by atoms with Crippen LogP contribution >= 0.6 is 46.7 Å². The minimum absolute atomic E-state index is 0. The number of imidazole rings is 1. The molecule has 0 atom stereocenters. The molecule has 0 spiro atoms. The van der Waals surface area contributed by atoms with Crippen molar-refractivity contribution >= 4 is 57.6 Å². The third-order valence-corrected chi connectivity index (χ3v) is 5.38. The number of hydrogen-bond donors (Lipinski definition) is 2. The molecule has 0 aliphatic rings. The summed E-state index contributed by atoms with van der Waals surface area (Å²) in [5, 5.41) is 8.71. The zero-order valence-corrected chi connectivity index (χ0v) is 17.7. The number of thiazole rings is 1. The number of aliphatic imine (C=N–C) groups is 1. The zero-order chi connectivity index (χ0) is 16.1. The van der Waals surface area contributed by atoms with Crippen LogP contribution in [0.5, 0.6) is 0 Å². The Balaban J connectivity index is 0.00000208. The summed E-state index contributed by atoms with van der Waals surface area (Å²) in [4.78, 5) is 12.9. The molecule has 0 fully saturated rings. The Hall–Kier alpha value is -1.13. The maximum Gasteiger partial charge on any atom is 0.193 e. The Labute approximate surface area is 167 Å². The molecular weight excluding hydrogens is 453 g/mol. The van der Waals surface area contributed by atoms with E-state index in [4.69, 9.17) is 0 Å². The first-order chi connectivity index (χ1) is 11.3. The van der Waals surface area contributed by atoms with Crippen LogP contribution in [0, 0.1) is 0 Å². The number of nitrogens with zero attached hydrogens (tertiary/aromatic N) is 3. The van der Waals surface area contributed by atoms with Gasteiger partial charge in [0.2, 0.25) is 0 Å². The molecule has 2 N–H and O–H groups in total. The van der Waals surface area contributed by atoms with Crippen molar-refractivity contribution in [2.45, 2.75) is 33.4 Å². The molecule has 0 aromatic carbocycles. The lowest BCUT2D eigenvalue weighted by molar-refractivity contribution is 0.820. The summed E-state index contributed by atoms with van der Waals surface area (Å²) in [5.41, 5.74) is 0.985. The minimum Gasteiger partial charge on any atom is -0.357 e. The molecule has 0 aliphatic carbocycles. The largest absolute Gasteiger partial charge is 0.357 e. The number of thiophene rings is 1. The highest BCUT2D eigenvalue weighted by molar-refractivity contribution is 14.0. The highest BCUT2D eigenvalue weighted by Gasteiger charge is 2.04. The van der Waals surface area contributed by atoms with Gasteiger partial charge >= 0.3 is 0 Å². The van der Waals surface area contributed by atoms with E-state index in [1.807, 2.05) is 33.5 Å². The van der Waals surface area contributed by atoms with E-state index in [1.165, 1.54) is 9.75 Å². The molecular formula is C16H22IN5S2. The van der Waals surface area contributed by atoms with Gasteiger partial charge in [-0.2, -0.15) is 0 Å². The van der Waals surface area contributed by atoms with Crippen molar-refractivity contribution in [2.24, 2.45) is 4.99 Å². The molecule has 3 aromatic rings. The maximum absolute atomic E-state index is 4.63. The molecule has 8 heteroatoms. The number of nitrogens with one attached hydrogen (secondary N) is 2. The van der Waals surface area contributed by atoms with Crippen molar-refractivity contribution in [1.29, 1.82) is 0 Å². The van der Waals surface area contributed by atoms with Crippen LogP contribution in [-0.4, -0.2) is 21.9 Å². The van der Waals surface area contributed by atoms with Gasteiger partial charge in [0, 0.05) is 34.1 Å². The molecule has 3 rings (SSSR count). The second-order valence-corrected chi connectivity index (χ2v) is 7.22. The predicted molar refractivity (Wildman–Crippen MR) is 114 cm³/mol. The first kappa shape index (κ1) is 19.2. The van der Waals surface area contributed by atoms with Crippen LogP contribution in [0.4, 0.5) is 0 Å². The van der Waals surface area contributed by atoms with Crippen molar-refractivity contribution in [2.75, 3.05) is 6.54 Å². The predicted octanol–water partition coefficient (Wildman–Crippen LogP) is 3.89. The molecule has 3 aromatic heterocycles. The lowest BCUT2D eigenvalue weighted by Crippen LogP contribution is -2.36. The topological polar surface area (TPSA) is 53.7 Å². The number of aromatic nitrogens is 2. The fourth-order valence-electron chi connectivity index (χ4n) is 2.23. The van der Waals surface area contributed by atoms with E-state index in [2.05, 4.69) is 46.6 Å². The molecule has 0 bridgehead atoms. The van der Waals surface area contributed by atoms with Gasteiger partial charge in [0.1, 0.15) is 0 Å².